The first-order chi connectivity index (χ1) is 6.94. The Morgan fingerprint density at radius 2 is 2.07 bits per heavy atom. The van der Waals surface area contributed by atoms with Crippen LogP contribution in [0.2, 0.25) is 0 Å². The zero-order chi connectivity index (χ0) is 11.5. The molecule has 0 aliphatic carbocycles. The molecule has 0 amide bonds. The molecule has 1 N–H and O–H groups in total. The Morgan fingerprint density at radius 1 is 1.40 bits per heavy atom. The number of rotatable bonds is 2. The van der Waals surface area contributed by atoms with Gasteiger partial charge in [0.25, 0.3) is 0 Å². The van der Waals surface area contributed by atoms with Crippen LogP contribution in [0, 0.1) is 16.7 Å². The molecular weight excluding hydrogens is 252 g/mol. The maximum absolute atomic E-state index is 9.01. The van der Waals surface area contributed by atoms with Crippen LogP contribution in [0.1, 0.15) is 26.3 Å². The molecule has 2 nitrogen and oxygen atoms in total. The van der Waals surface area contributed by atoms with Crippen LogP contribution in [0.5, 0.6) is 0 Å². The van der Waals surface area contributed by atoms with Crippen molar-refractivity contribution in [2.75, 3.05) is 11.9 Å². The summed E-state index contributed by atoms with van der Waals surface area (Å²) < 4.78 is 0.837. The molecular formula is C12H15BrN2. The average molecular weight is 267 g/mol. The standard InChI is InChI=1S/C12H15BrN2/c1-12(2,3)8-15-11-6-4-5-10(13)9(11)7-14/h4-6,15H,8H2,1-3H3. The van der Waals surface area contributed by atoms with E-state index in [1.165, 1.54) is 0 Å². The molecule has 0 saturated heterocycles. The molecule has 0 aromatic heterocycles. The van der Waals surface area contributed by atoms with Crippen molar-refractivity contribution in [1.82, 2.24) is 0 Å². The van der Waals surface area contributed by atoms with Crippen LogP contribution >= 0.6 is 15.9 Å². The van der Waals surface area contributed by atoms with E-state index in [0.717, 1.165) is 16.7 Å². The topological polar surface area (TPSA) is 35.8 Å². The van der Waals surface area contributed by atoms with E-state index in [0.29, 0.717) is 5.56 Å². The van der Waals surface area contributed by atoms with E-state index in [1.807, 2.05) is 18.2 Å². The van der Waals surface area contributed by atoms with Crippen LogP contribution in [0.3, 0.4) is 0 Å². The van der Waals surface area contributed by atoms with Crippen molar-refractivity contribution < 1.29 is 0 Å². The Morgan fingerprint density at radius 3 is 2.60 bits per heavy atom. The second-order valence-corrected chi connectivity index (χ2v) is 5.54. The first-order valence-corrected chi connectivity index (χ1v) is 5.66. The molecule has 0 unspecified atom stereocenters. The van der Waals surface area contributed by atoms with E-state index in [9.17, 15) is 0 Å². The first-order valence-electron chi connectivity index (χ1n) is 4.86. The number of anilines is 1. The Hall–Kier alpha value is -1.01. The van der Waals surface area contributed by atoms with E-state index >= 15 is 0 Å². The molecule has 0 bridgehead atoms. The summed E-state index contributed by atoms with van der Waals surface area (Å²) in [5, 5.41) is 12.3. The number of hydrogen-bond donors (Lipinski definition) is 1. The van der Waals surface area contributed by atoms with Gasteiger partial charge in [-0.15, -0.1) is 0 Å². The molecule has 0 atom stereocenters. The summed E-state index contributed by atoms with van der Waals surface area (Å²) in [5.74, 6) is 0. The normalized spacial score (nSPS) is 10.9. The van der Waals surface area contributed by atoms with Gasteiger partial charge in [0.15, 0.2) is 0 Å². The van der Waals surface area contributed by atoms with Crippen LogP contribution in [0.25, 0.3) is 0 Å². The molecule has 1 aromatic carbocycles. The Kier molecular flexibility index (Phi) is 3.76. The van der Waals surface area contributed by atoms with Gasteiger partial charge in [-0.1, -0.05) is 26.8 Å². The van der Waals surface area contributed by atoms with Crippen LogP contribution in [-0.4, -0.2) is 6.54 Å². The summed E-state index contributed by atoms with van der Waals surface area (Å²) in [6.07, 6.45) is 0. The van der Waals surface area contributed by atoms with Crippen LogP contribution in [0.15, 0.2) is 22.7 Å². The highest BCUT2D eigenvalue weighted by atomic mass is 79.9. The van der Waals surface area contributed by atoms with Gasteiger partial charge in [0.05, 0.1) is 11.3 Å². The monoisotopic (exact) mass is 266 g/mol. The van der Waals surface area contributed by atoms with E-state index in [1.54, 1.807) is 0 Å². The third-order valence-corrected chi connectivity index (χ3v) is 2.60. The fourth-order valence-electron chi connectivity index (χ4n) is 1.15. The molecule has 3 heteroatoms. The fraction of sp³-hybridized carbons (Fsp3) is 0.417. The number of halogens is 1. The lowest BCUT2D eigenvalue weighted by Gasteiger charge is -2.20. The van der Waals surface area contributed by atoms with Gasteiger partial charge in [-0.3, -0.25) is 0 Å². The molecule has 1 rings (SSSR count). The highest BCUT2D eigenvalue weighted by molar-refractivity contribution is 9.10. The molecule has 80 valence electrons. The molecule has 15 heavy (non-hydrogen) atoms. The van der Waals surface area contributed by atoms with E-state index in [4.69, 9.17) is 5.26 Å². The molecule has 0 aliphatic heterocycles. The lowest BCUT2D eigenvalue weighted by atomic mass is 9.97. The third kappa shape index (κ3) is 3.56. The summed E-state index contributed by atoms with van der Waals surface area (Å²) >= 11 is 3.37. The van der Waals surface area contributed by atoms with E-state index in [2.05, 4.69) is 48.1 Å². The van der Waals surface area contributed by atoms with Gasteiger partial charge in [0.1, 0.15) is 6.07 Å². The van der Waals surface area contributed by atoms with Gasteiger partial charge < -0.3 is 5.32 Å². The predicted molar refractivity (Wildman–Crippen MR) is 66.8 cm³/mol. The van der Waals surface area contributed by atoms with Crippen molar-refractivity contribution in [2.24, 2.45) is 5.41 Å². The smallest absolute Gasteiger partial charge is 0.103 e. The van der Waals surface area contributed by atoms with Gasteiger partial charge >= 0.3 is 0 Å². The zero-order valence-corrected chi connectivity index (χ0v) is 10.9. The van der Waals surface area contributed by atoms with Gasteiger partial charge in [-0.25, -0.2) is 0 Å². The molecule has 0 saturated carbocycles. The third-order valence-electron chi connectivity index (χ3n) is 1.93. The molecule has 0 aliphatic rings. The summed E-state index contributed by atoms with van der Waals surface area (Å²) in [4.78, 5) is 0. The maximum Gasteiger partial charge on any atom is 0.103 e. The Bertz CT molecular complexity index is 386. The van der Waals surface area contributed by atoms with Crippen molar-refractivity contribution >= 4 is 21.6 Å². The number of benzene rings is 1. The van der Waals surface area contributed by atoms with Crippen LogP contribution in [-0.2, 0) is 0 Å². The van der Waals surface area contributed by atoms with Crippen LogP contribution < -0.4 is 5.32 Å². The van der Waals surface area contributed by atoms with Gasteiger partial charge in [-0.05, 0) is 33.5 Å². The molecule has 1 aromatic rings. The number of hydrogen-bond acceptors (Lipinski definition) is 2. The van der Waals surface area contributed by atoms with Gasteiger partial charge in [0.2, 0.25) is 0 Å². The van der Waals surface area contributed by atoms with Crippen molar-refractivity contribution in [3.63, 3.8) is 0 Å². The summed E-state index contributed by atoms with van der Waals surface area (Å²) in [6, 6.07) is 7.92. The minimum absolute atomic E-state index is 0.203. The van der Waals surface area contributed by atoms with E-state index in [-0.39, 0.29) is 5.41 Å². The zero-order valence-electron chi connectivity index (χ0n) is 9.26. The second-order valence-electron chi connectivity index (χ2n) is 4.69. The van der Waals surface area contributed by atoms with Gasteiger partial charge in [0, 0.05) is 11.0 Å². The summed E-state index contributed by atoms with van der Waals surface area (Å²) in [6.45, 7) is 7.32. The fourth-order valence-corrected chi connectivity index (χ4v) is 1.60. The highest BCUT2D eigenvalue weighted by Crippen LogP contribution is 2.25. The minimum atomic E-state index is 0.203. The summed E-state index contributed by atoms with van der Waals surface area (Å²) in [5.41, 5.74) is 1.76. The number of nitrogens with one attached hydrogen (secondary N) is 1. The minimum Gasteiger partial charge on any atom is -0.383 e. The average Bonchev–Trinajstić information content (AvgIpc) is 2.13. The number of nitriles is 1. The van der Waals surface area contributed by atoms with Gasteiger partial charge in [-0.2, -0.15) is 5.26 Å². The predicted octanol–water partition coefficient (Wildman–Crippen LogP) is 3.78. The van der Waals surface area contributed by atoms with Crippen LogP contribution in [0.4, 0.5) is 5.69 Å². The summed E-state index contributed by atoms with van der Waals surface area (Å²) in [7, 11) is 0. The molecule has 0 radical (unpaired) electrons. The molecule has 0 heterocycles. The largest absolute Gasteiger partial charge is 0.383 e. The van der Waals surface area contributed by atoms with Crippen molar-refractivity contribution in [3.8, 4) is 6.07 Å². The van der Waals surface area contributed by atoms with Crippen molar-refractivity contribution in [3.05, 3.63) is 28.2 Å². The second kappa shape index (κ2) is 4.67. The number of nitrogens with zero attached hydrogens (tertiary/aromatic N) is 1. The highest BCUT2D eigenvalue weighted by Gasteiger charge is 2.11. The first kappa shape index (κ1) is 12.1. The van der Waals surface area contributed by atoms with Crippen molar-refractivity contribution in [1.29, 1.82) is 5.26 Å². The lowest BCUT2D eigenvalue weighted by molar-refractivity contribution is 0.443. The Labute approximate surface area is 99.4 Å². The SMILES string of the molecule is CC(C)(C)CNc1cccc(Br)c1C#N. The lowest BCUT2D eigenvalue weighted by Crippen LogP contribution is -2.19. The van der Waals surface area contributed by atoms with Crippen molar-refractivity contribution in [2.45, 2.75) is 20.8 Å². The molecule has 0 fully saturated rings. The molecule has 0 spiro atoms. The Balaban J connectivity index is 2.87. The maximum atomic E-state index is 9.01. The quantitative estimate of drug-likeness (QED) is 0.885. The van der Waals surface area contributed by atoms with E-state index < -0.39 is 0 Å².